The van der Waals surface area contributed by atoms with E-state index in [2.05, 4.69) is 46.8 Å². The predicted molar refractivity (Wildman–Crippen MR) is 108 cm³/mol. The molecule has 1 aliphatic rings. The monoisotopic (exact) mass is 363 g/mol. The summed E-state index contributed by atoms with van der Waals surface area (Å²) in [5.41, 5.74) is 3.72. The van der Waals surface area contributed by atoms with Crippen LogP contribution in [0.2, 0.25) is 0 Å². The Bertz CT molecular complexity index is 949. The van der Waals surface area contributed by atoms with Crippen LogP contribution in [0.5, 0.6) is 0 Å². The van der Waals surface area contributed by atoms with Crippen LogP contribution in [0.3, 0.4) is 0 Å². The first-order chi connectivity index (χ1) is 13.1. The molecule has 0 amide bonds. The third kappa shape index (κ3) is 3.74. The lowest BCUT2D eigenvalue weighted by Crippen LogP contribution is -2.26. The van der Waals surface area contributed by atoms with Crippen LogP contribution in [0.15, 0.2) is 54.6 Å². The molecule has 5 heteroatoms. The second-order valence-corrected chi connectivity index (χ2v) is 7.52. The maximum atomic E-state index is 11.2. The van der Waals surface area contributed by atoms with Gasteiger partial charge in [-0.3, -0.25) is 10.1 Å². The third-order valence-corrected chi connectivity index (χ3v) is 5.77. The van der Waals surface area contributed by atoms with Crippen molar-refractivity contribution < 1.29 is 4.92 Å². The molecule has 0 bridgehead atoms. The molecule has 1 fully saturated rings. The van der Waals surface area contributed by atoms with Gasteiger partial charge in [0.2, 0.25) is 0 Å². The van der Waals surface area contributed by atoms with Gasteiger partial charge < -0.3 is 9.47 Å². The number of aromatic nitrogens is 1. The maximum absolute atomic E-state index is 11.2. The van der Waals surface area contributed by atoms with E-state index < -0.39 is 0 Å². The van der Waals surface area contributed by atoms with Crippen LogP contribution in [0.4, 0.5) is 5.69 Å². The van der Waals surface area contributed by atoms with Crippen molar-refractivity contribution in [3.8, 4) is 0 Å². The van der Waals surface area contributed by atoms with Gasteiger partial charge in [0.25, 0.3) is 5.69 Å². The van der Waals surface area contributed by atoms with Crippen LogP contribution >= 0.6 is 0 Å². The Kier molecular flexibility index (Phi) is 4.94. The first-order valence-electron chi connectivity index (χ1n) is 9.62. The van der Waals surface area contributed by atoms with Crippen molar-refractivity contribution in [2.24, 2.45) is 0 Å². The van der Waals surface area contributed by atoms with E-state index in [0.717, 1.165) is 30.3 Å². The van der Waals surface area contributed by atoms with E-state index in [-0.39, 0.29) is 10.6 Å². The number of benzene rings is 2. The van der Waals surface area contributed by atoms with Crippen molar-refractivity contribution in [3.63, 3.8) is 0 Å². The fraction of sp³-hybridized carbons (Fsp3) is 0.364. The number of hydrogen-bond donors (Lipinski definition) is 0. The summed E-state index contributed by atoms with van der Waals surface area (Å²) in [5, 5.41) is 12.1. The van der Waals surface area contributed by atoms with Gasteiger partial charge in [-0.25, -0.2) is 0 Å². The normalized spacial score (nSPS) is 17.6. The molecule has 27 heavy (non-hydrogen) atoms. The van der Waals surface area contributed by atoms with Crippen LogP contribution in [-0.4, -0.2) is 34.0 Å². The van der Waals surface area contributed by atoms with Gasteiger partial charge in [-0.05, 0) is 50.6 Å². The van der Waals surface area contributed by atoms with E-state index in [1.54, 1.807) is 12.1 Å². The Morgan fingerprint density at radius 3 is 2.67 bits per heavy atom. The fourth-order valence-electron chi connectivity index (χ4n) is 4.27. The van der Waals surface area contributed by atoms with Crippen molar-refractivity contribution in [2.75, 3.05) is 13.6 Å². The molecule has 0 aliphatic carbocycles. The number of fused-ring (bicyclic) bond motifs is 1. The number of nitrogens with zero attached hydrogens (tertiary/aromatic N) is 3. The average Bonchev–Trinajstić information content (AvgIpc) is 3.23. The molecule has 2 aromatic carbocycles. The molecule has 1 aromatic heterocycles. The van der Waals surface area contributed by atoms with E-state index in [4.69, 9.17) is 0 Å². The van der Waals surface area contributed by atoms with E-state index in [1.165, 1.54) is 30.6 Å². The zero-order chi connectivity index (χ0) is 18.8. The lowest BCUT2D eigenvalue weighted by atomic mass is 10.1. The minimum Gasteiger partial charge on any atom is -0.344 e. The molecule has 0 saturated carbocycles. The molecule has 4 rings (SSSR count). The Morgan fingerprint density at radius 2 is 1.96 bits per heavy atom. The van der Waals surface area contributed by atoms with Crippen LogP contribution in [0.25, 0.3) is 10.9 Å². The Labute approximate surface area is 159 Å². The zero-order valence-corrected chi connectivity index (χ0v) is 15.7. The first kappa shape index (κ1) is 17.7. The second kappa shape index (κ2) is 7.53. The summed E-state index contributed by atoms with van der Waals surface area (Å²) >= 11 is 0. The zero-order valence-electron chi connectivity index (χ0n) is 15.7. The molecule has 1 saturated heterocycles. The number of nitro benzene ring substituents is 1. The van der Waals surface area contributed by atoms with E-state index in [0.29, 0.717) is 6.04 Å². The fourth-order valence-corrected chi connectivity index (χ4v) is 4.27. The van der Waals surface area contributed by atoms with E-state index in [9.17, 15) is 10.1 Å². The number of aryl methyl sites for hydroxylation is 1. The Balaban J connectivity index is 1.68. The molecule has 1 atom stereocenters. The molecule has 140 valence electrons. The van der Waals surface area contributed by atoms with Gasteiger partial charge in [0.05, 0.1) is 4.92 Å². The molecule has 1 unspecified atom stereocenters. The number of non-ortho nitro benzene ring substituents is 1. The van der Waals surface area contributed by atoms with Crippen molar-refractivity contribution in [1.29, 1.82) is 0 Å². The van der Waals surface area contributed by atoms with Gasteiger partial charge in [-0.15, -0.1) is 0 Å². The number of likely N-dealkylation sites (tertiary alicyclic amines) is 1. The Hall–Kier alpha value is -2.66. The second-order valence-electron chi connectivity index (χ2n) is 7.52. The summed E-state index contributed by atoms with van der Waals surface area (Å²) < 4.78 is 2.36. The number of rotatable bonds is 6. The van der Waals surface area contributed by atoms with Gasteiger partial charge in [0, 0.05) is 47.7 Å². The van der Waals surface area contributed by atoms with Crippen LogP contribution in [0.1, 0.15) is 30.5 Å². The van der Waals surface area contributed by atoms with Crippen molar-refractivity contribution in [2.45, 2.75) is 38.3 Å². The van der Waals surface area contributed by atoms with Crippen LogP contribution in [0, 0.1) is 10.1 Å². The number of nitro groups is 1. The Morgan fingerprint density at radius 1 is 1.15 bits per heavy atom. The summed E-state index contributed by atoms with van der Waals surface area (Å²) in [4.78, 5) is 13.3. The highest BCUT2D eigenvalue weighted by atomic mass is 16.6. The van der Waals surface area contributed by atoms with Gasteiger partial charge in [0.15, 0.2) is 0 Å². The van der Waals surface area contributed by atoms with Gasteiger partial charge >= 0.3 is 0 Å². The molecule has 0 N–H and O–H groups in total. The van der Waals surface area contributed by atoms with E-state index >= 15 is 0 Å². The standard InChI is InChI=1S/C22H25N3O2/c1-23-12-5-8-19(23)11-13-24-21(14-17-6-3-2-4-7-17)16-18-15-20(25(26)27)9-10-22(18)24/h2-4,6-7,9-10,15-16,19H,5,8,11-14H2,1H3. The lowest BCUT2D eigenvalue weighted by molar-refractivity contribution is -0.384. The summed E-state index contributed by atoms with van der Waals surface area (Å²) in [6, 6.07) is 18.4. The average molecular weight is 363 g/mol. The SMILES string of the molecule is CN1CCCC1CCn1c(Cc2ccccc2)cc2cc([N+](=O)[O-])ccc21. The highest BCUT2D eigenvalue weighted by Gasteiger charge is 2.21. The minimum absolute atomic E-state index is 0.154. The molecular weight excluding hydrogens is 338 g/mol. The molecule has 3 aromatic rings. The summed E-state index contributed by atoms with van der Waals surface area (Å²) in [7, 11) is 2.21. The largest absolute Gasteiger partial charge is 0.344 e. The van der Waals surface area contributed by atoms with Crippen molar-refractivity contribution in [1.82, 2.24) is 9.47 Å². The summed E-state index contributed by atoms with van der Waals surface area (Å²) in [5.74, 6) is 0. The smallest absolute Gasteiger partial charge is 0.270 e. The van der Waals surface area contributed by atoms with Crippen LogP contribution in [-0.2, 0) is 13.0 Å². The highest BCUT2D eigenvalue weighted by molar-refractivity contribution is 5.83. The molecule has 1 aliphatic heterocycles. The molecule has 5 nitrogen and oxygen atoms in total. The minimum atomic E-state index is -0.318. The van der Waals surface area contributed by atoms with Gasteiger partial charge in [0.1, 0.15) is 0 Å². The van der Waals surface area contributed by atoms with Crippen molar-refractivity contribution in [3.05, 3.63) is 76.0 Å². The van der Waals surface area contributed by atoms with Crippen LogP contribution < -0.4 is 0 Å². The van der Waals surface area contributed by atoms with Crippen molar-refractivity contribution >= 4 is 16.6 Å². The first-order valence-corrected chi connectivity index (χ1v) is 9.62. The molecule has 0 spiro atoms. The van der Waals surface area contributed by atoms with Gasteiger partial charge in [-0.2, -0.15) is 0 Å². The molecular formula is C22H25N3O2. The predicted octanol–water partition coefficient (Wildman–Crippen LogP) is 4.62. The van der Waals surface area contributed by atoms with E-state index in [1.807, 2.05) is 12.1 Å². The third-order valence-electron chi connectivity index (χ3n) is 5.77. The number of hydrogen-bond acceptors (Lipinski definition) is 3. The topological polar surface area (TPSA) is 51.3 Å². The highest BCUT2D eigenvalue weighted by Crippen LogP contribution is 2.28. The molecule has 2 heterocycles. The lowest BCUT2D eigenvalue weighted by Gasteiger charge is -2.20. The summed E-state index contributed by atoms with van der Waals surface area (Å²) in [6.07, 6.45) is 4.48. The molecule has 0 radical (unpaired) electrons. The van der Waals surface area contributed by atoms with Gasteiger partial charge in [-0.1, -0.05) is 30.3 Å². The maximum Gasteiger partial charge on any atom is 0.270 e. The summed E-state index contributed by atoms with van der Waals surface area (Å²) in [6.45, 7) is 2.12. The quantitative estimate of drug-likeness (QED) is 0.474.